The number of nitrogens with one attached hydrogen (secondary N) is 2. The number of aromatic nitrogens is 1. The monoisotopic (exact) mass is 631 g/mol. The molecule has 0 unspecified atom stereocenters. The average molecular weight is 632 g/mol. The molecule has 0 bridgehead atoms. The molecule has 42 heavy (non-hydrogen) atoms. The molecule has 1 aliphatic heterocycles. The van der Waals surface area contributed by atoms with Crippen molar-refractivity contribution in [1.82, 2.24) is 20.5 Å². The van der Waals surface area contributed by atoms with Crippen LogP contribution in [0.3, 0.4) is 0 Å². The van der Waals surface area contributed by atoms with Gasteiger partial charge in [-0.15, -0.1) is 0 Å². The van der Waals surface area contributed by atoms with Crippen LogP contribution < -0.4 is 14.3 Å². The molecule has 1 saturated heterocycles. The van der Waals surface area contributed by atoms with Gasteiger partial charge in [-0.25, -0.2) is 16.8 Å². The summed E-state index contributed by atoms with van der Waals surface area (Å²) in [7, 11) is -8.09. The smallest absolute Gasteiger partial charge is 0.349 e. The summed E-state index contributed by atoms with van der Waals surface area (Å²) in [4.78, 5) is 31.1. The van der Waals surface area contributed by atoms with Gasteiger partial charge in [-0.3, -0.25) is 19.5 Å². The number of hydrogen-bond donors (Lipinski definition) is 2. The predicted octanol–water partition coefficient (Wildman–Crippen LogP) is 2.08. The van der Waals surface area contributed by atoms with Crippen LogP contribution in [0.25, 0.3) is 0 Å². The van der Waals surface area contributed by atoms with Crippen molar-refractivity contribution in [2.24, 2.45) is 0 Å². The average Bonchev–Trinajstić information content (AvgIpc) is 2.88. The summed E-state index contributed by atoms with van der Waals surface area (Å²) < 4.78 is 86.8. The fourth-order valence-electron chi connectivity index (χ4n) is 5.39. The number of halogens is 3. The van der Waals surface area contributed by atoms with Gasteiger partial charge in [0.2, 0.25) is 26.0 Å². The molecule has 1 aliphatic carbocycles. The number of pyridine rings is 1. The molecular weight excluding hydrogens is 599 g/mol. The number of benzene rings is 1. The van der Waals surface area contributed by atoms with E-state index in [1.54, 1.807) is 6.07 Å². The molecule has 2 N–H and O–H groups in total. The van der Waals surface area contributed by atoms with E-state index in [-0.39, 0.29) is 29.8 Å². The Labute approximate surface area is 242 Å². The van der Waals surface area contributed by atoms with Crippen LogP contribution in [0.1, 0.15) is 53.2 Å². The first kappa shape index (κ1) is 31.7. The molecule has 2 aliphatic rings. The number of carbonyl (C=O) groups is 2. The van der Waals surface area contributed by atoms with Crippen molar-refractivity contribution in [3.05, 3.63) is 59.4 Å². The molecule has 2 amide bonds. The molecule has 2 heterocycles. The maximum atomic E-state index is 12.9. The van der Waals surface area contributed by atoms with Gasteiger partial charge < -0.3 is 10.6 Å². The molecule has 1 aromatic carbocycles. The van der Waals surface area contributed by atoms with Crippen molar-refractivity contribution in [3.63, 3.8) is 0 Å². The Balaban J connectivity index is 1.19. The number of likely N-dealkylation sites (tertiary alicyclic amines) is 1. The van der Waals surface area contributed by atoms with Crippen molar-refractivity contribution < 1.29 is 39.6 Å². The zero-order chi connectivity index (χ0) is 30.9. The highest BCUT2D eigenvalue weighted by molar-refractivity contribution is 8.09. The lowest BCUT2D eigenvalue weighted by molar-refractivity contribution is -0.137. The molecule has 0 atom stereocenters. The second kappa shape index (κ2) is 12.2. The Morgan fingerprint density at radius 2 is 1.64 bits per heavy atom. The van der Waals surface area contributed by atoms with E-state index in [1.165, 1.54) is 18.3 Å². The minimum atomic E-state index is -4.57. The van der Waals surface area contributed by atoms with Crippen LogP contribution in [0.15, 0.2) is 42.6 Å². The summed E-state index contributed by atoms with van der Waals surface area (Å²) in [6, 6.07) is 7.32. The Morgan fingerprint density at radius 3 is 2.19 bits per heavy atom. The fourth-order valence-corrected chi connectivity index (χ4v) is 8.34. The van der Waals surface area contributed by atoms with Gasteiger partial charge in [0.1, 0.15) is 0 Å². The molecule has 11 nitrogen and oxygen atoms in total. The first-order valence-corrected chi connectivity index (χ1v) is 16.9. The number of sulfonamides is 2. The zero-order valence-electron chi connectivity index (χ0n) is 23.0. The van der Waals surface area contributed by atoms with E-state index >= 15 is 0 Å². The lowest BCUT2D eigenvalue weighted by Crippen LogP contribution is -2.63. The van der Waals surface area contributed by atoms with Gasteiger partial charge in [-0.05, 0) is 56.0 Å². The maximum Gasteiger partial charge on any atom is 0.416 e. The molecule has 1 aromatic heterocycles. The Kier molecular flexibility index (Phi) is 9.18. The Bertz CT molecular complexity index is 1490. The third-order valence-corrected chi connectivity index (χ3v) is 10.6. The van der Waals surface area contributed by atoms with Crippen molar-refractivity contribution >= 4 is 37.5 Å². The molecule has 0 spiro atoms. The van der Waals surface area contributed by atoms with Gasteiger partial charge in [0.15, 0.2) is 0 Å². The number of anilines is 1. The summed E-state index contributed by atoms with van der Waals surface area (Å²) >= 11 is 0. The van der Waals surface area contributed by atoms with Crippen LogP contribution in [0.2, 0.25) is 0 Å². The molecule has 2 aromatic rings. The number of rotatable bonds is 9. The normalized spacial score (nSPS) is 20.4. The predicted molar refractivity (Wildman–Crippen MR) is 149 cm³/mol. The van der Waals surface area contributed by atoms with E-state index in [0.717, 1.165) is 62.1 Å². The number of carbonyl (C=O) groups excluding carboxylic acids is 2. The molecule has 1 saturated carbocycles. The van der Waals surface area contributed by atoms with E-state index in [1.807, 2.05) is 0 Å². The molecule has 16 heteroatoms. The zero-order valence-corrected chi connectivity index (χ0v) is 24.6. The lowest BCUT2D eigenvalue weighted by atomic mass is 9.82. The number of nitrogens with zero attached hydrogens (tertiary/aromatic N) is 3. The minimum absolute atomic E-state index is 0.0404. The first-order valence-electron chi connectivity index (χ1n) is 13.2. The Hall–Kier alpha value is -3.24. The van der Waals surface area contributed by atoms with Crippen LogP contribution in [0.5, 0.6) is 0 Å². The lowest BCUT2D eigenvalue weighted by Gasteiger charge is -2.46. The van der Waals surface area contributed by atoms with Gasteiger partial charge in [-0.1, -0.05) is 6.07 Å². The summed E-state index contributed by atoms with van der Waals surface area (Å²) in [5, 5.41) is 5.17. The van der Waals surface area contributed by atoms with Gasteiger partial charge >= 0.3 is 6.18 Å². The highest BCUT2D eigenvalue weighted by Crippen LogP contribution is 2.36. The molecule has 230 valence electrons. The quantitative estimate of drug-likeness (QED) is 0.428. The summed E-state index contributed by atoms with van der Waals surface area (Å²) in [6.07, 6.45) is 1.78. The highest BCUT2D eigenvalue weighted by atomic mass is 32.3. The van der Waals surface area contributed by atoms with Crippen molar-refractivity contribution in [1.29, 1.82) is 0 Å². The standard InChI is InChI=1S/C26H32F3N5O6S2/c1-41(37,38)34(42(2,39)40)22-10-11-23(30-13-22)17-6-8-21(9-7-17)33-15-20(16-33)32-24(35)14-31-25(36)18-4-3-5-19(12-18)26(27,28)29/h3-5,10-13,17,20-21H,6-9,14-16H2,1-2H3,(H,31,36)(H,32,35)/t17-,21+. The van der Waals surface area contributed by atoms with E-state index in [0.29, 0.717) is 22.8 Å². The van der Waals surface area contributed by atoms with Crippen LogP contribution in [0.4, 0.5) is 18.9 Å². The molecule has 4 rings (SSSR count). The van der Waals surface area contributed by atoms with Gasteiger partial charge in [-0.2, -0.15) is 16.9 Å². The third kappa shape index (κ3) is 7.77. The number of hydrogen-bond acceptors (Lipinski definition) is 8. The summed E-state index contributed by atoms with van der Waals surface area (Å²) in [5.41, 5.74) is -0.400. The first-order chi connectivity index (χ1) is 19.5. The van der Waals surface area contributed by atoms with E-state index in [9.17, 15) is 39.6 Å². The fraction of sp³-hybridized carbons (Fsp3) is 0.500. The molecular formula is C26H32F3N5O6S2. The highest BCUT2D eigenvalue weighted by Gasteiger charge is 2.36. The summed E-state index contributed by atoms with van der Waals surface area (Å²) in [5.74, 6) is -1.04. The third-order valence-electron chi connectivity index (χ3n) is 7.35. The van der Waals surface area contributed by atoms with Crippen molar-refractivity contribution in [2.45, 2.75) is 49.9 Å². The second-order valence-corrected chi connectivity index (χ2v) is 14.5. The largest absolute Gasteiger partial charge is 0.416 e. The molecule has 0 radical (unpaired) electrons. The van der Waals surface area contributed by atoms with Crippen LogP contribution in [-0.4, -0.2) is 82.8 Å². The van der Waals surface area contributed by atoms with Gasteiger partial charge in [0.25, 0.3) is 5.91 Å². The molecule has 2 fully saturated rings. The second-order valence-electron chi connectivity index (χ2n) is 10.6. The number of amides is 2. The van der Waals surface area contributed by atoms with E-state index in [2.05, 4.69) is 20.5 Å². The minimum Gasteiger partial charge on any atom is -0.349 e. The van der Waals surface area contributed by atoms with E-state index in [4.69, 9.17) is 0 Å². The van der Waals surface area contributed by atoms with Gasteiger partial charge in [0, 0.05) is 36.3 Å². The topological polar surface area (TPSA) is 146 Å². The van der Waals surface area contributed by atoms with Crippen molar-refractivity contribution in [3.8, 4) is 0 Å². The van der Waals surface area contributed by atoms with Crippen molar-refractivity contribution in [2.75, 3.05) is 35.9 Å². The van der Waals surface area contributed by atoms with Gasteiger partial charge in [0.05, 0.1) is 42.5 Å². The van der Waals surface area contributed by atoms with Crippen LogP contribution in [-0.2, 0) is 31.0 Å². The van der Waals surface area contributed by atoms with Crippen LogP contribution >= 0.6 is 0 Å². The number of alkyl halides is 3. The summed E-state index contributed by atoms with van der Waals surface area (Å²) in [6.45, 7) is 0.930. The van der Waals surface area contributed by atoms with E-state index < -0.39 is 43.6 Å². The Morgan fingerprint density at radius 1 is 1.00 bits per heavy atom. The SMILES string of the molecule is CS(=O)(=O)N(c1ccc([C@H]2CC[C@@H](N3CC(NC(=O)CNC(=O)c4cccc(C(F)(F)F)c4)C3)CC2)nc1)S(C)(=O)=O. The maximum absolute atomic E-state index is 12.9. The van der Waals surface area contributed by atoms with Crippen LogP contribution in [0, 0.1) is 0 Å².